The van der Waals surface area contributed by atoms with Crippen LogP contribution in [0.25, 0.3) is 0 Å². The van der Waals surface area contributed by atoms with Crippen molar-refractivity contribution < 1.29 is 13.2 Å². The van der Waals surface area contributed by atoms with E-state index in [0.717, 1.165) is 30.5 Å². The lowest BCUT2D eigenvalue weighted by atomic mass is 9.96. The lowest BCUT2D eigenvalue weighted by Gasteiger charge is -2.20. The van der Waals surface area contributed by atoms with Crippen molar-refractivity contribution in [3.8, 4) is 0 Å². The molecule has 168 valence electrons. The Balaban J connectivity index is 1.48. The van der Waals surface area contributed by atoms with Crippen LogP contribution in [-0.4, -0.2) is 39.7 Å². The van der Waals surface area contributed by atoms with Gasteiger partial charge in [-0.2, -0.15) is 0 Å². The number of hydrogen-bond donors (Lipinski definition) is 3. The quantitative estimate of drug-likeness (QED) is 0.496. The van der Waals surface area contributed by atoms with Gasteiger partial charge in [0.25, 0.3) is 5.91 Å². The summed E-state index contributed by atoms with van der Waals surface area (Å²) in [5.74, 6) is 0.267. The lowest BCUT2D eigenvalue weighted by Crippen LogP contribution is -2.34. The number of amides is 1. The van der Waals surface area contributed by atoms with Gasteiger partial charge in [0.1, 0.15) is 0 Å². The smallest absolute Gasteiger partial charge is 0.251 e. The maximum Gasteiger partial charge on any atom is 0.251 e. The Labute approximate surface area is 189 Å². The zero-order valence-corrected chi connectivity index (χ0v) is 19.5. The first kappa shape index (κ1) is 23.7. The van der Waals surface area contributed by atoms with E-state index in [1.807, 2.05) is 42.5 Å². The molecule has 0 heterocycles. The van der Waals surface area contributed by atoms with Gasteiger partial charge in [-0.1, -0.05) is 35.9 Å². The molecule has 1 unspecified atom stereocenters. The first-order chi connectivity index (χ1) is 14.7. The van der Waals surface area contributed by atoms with Gasteiger partial charge in [0.2, 0.25) is 10.0 Å². The molecule has 0 aliphatic heterocycles. The minimum absolute atomic E-state index is 0.173. The van der Waals surface area contributed by atoms with Gasteiger partial charge in [0, 0.05) is 35.8 Å². The maximum atomic E-state index is 12.2. The third-order valence-corrected chi connectivity index (χ3v) is 6.65. The van der Waals surface area contributed by atoms with Crippen molar-refractivity contribution in [3.05, 3.63) is 70.2 Å². The molecule has 3 N–H and O–H groups in total. The van der Waals surface area contributed by atoms with Crippen LogP contribution in [0.4, 0.5) is 0 Å². The van der Waals surface area contributed by atoms with E-state index in [2.05, 4.69) is 28.3 Å². The van der Waals surface area contributed by atoms with Gasteiger partial charge in [0.05, 0.1) is 6.26 Å². The molecule has 31 heavy (non-hydrogen) atoms. The van der Waals surface area contributed by atoms with E-state index in [1.165, 1.54) is 11.1 Å². The third-order valence-electron chi connectivity index (χ3n) is 5.69. The summed E-state index contributed by atoms with van der Waals surface area (Å²) in [7, 11) is -3.24. The standard InChI is InChI=1S/C23H30ClN3O3S/c1-16(19-4-3-5-21(24)14-19)27-22-11-10-20(15-22)17-6-8-18(9-7-17)23(28)25-12-13-26-31(2,29)30/h3-9,14,16,20,22,26-27H,10-13,15H2,1-2H3,(H,25,28)/t16-,20?,22+/m1/s1. The van der Waals surface area contributed by atoms with Crippen molar-refractivity contribution >= 4 is 27.5 Å². The first-order valence-corrected chi connectivity index (χ1v) is 12.8. The predicted molar refractivity (Wildman–Crippen MR) is 125 cm³/mol. The van der Waals surface area contributed by atoms with Gasteiger partial charge in [-0.15, -0.1) is 0 Å². The Morgan fingerprint density at radius 2 is 1.87 bits per heavy atom. The van der Waals surface area contributed by atoms with E-state index in [1.54, 1.807) is 0 Å². The van der Waals surface area contributed by atoms with Crippen LogP contribution in [0.5, 0.6) is 0 Å². The fourth-order valence-electron chi connectivity index (χ4n) is 4.08. The Morgan fingerprint density at radius 3 is 2.55 bits per heavy atom. The summed E-state index contributed by atoms with van der Waals surface area (Å²) in [5.41, 5.74) is 3.01. The molecule has 3 rings (SSSR count). The molecule has 0 bridgehead atoms. The Bertz CT molecular complexity index is 995. The summed E-state index contributed by atoms with van der Waals surface area (Å²) in [6.07, 6.45) is 4.38. The molecule has 0 aromatic heterocycles. The minimum atomic E-state index is -3.24. The minimum Gasteiger partial charge on any atom is -0.351 e. The van der Waals surface area contributed by atoms with Crippen molar-refractivity contribution in [3.63, 3.8) is 0 Å². The van der Waals surface area contributed by atoms with Crippen molar-refractivity contribution in [2.45, 2.75) is 44.2 Å². The third kappa shape index (κ3) is 7.31. The van der Waals surface area contributed by atoms with E-state index in [0.29, 0.717) is 17.5 Å². The van der Waals surface area contributed by atoms with Crippen molar-refractivity contribution in [2.24, 2.45) is 0 Å². The average molecular weight is 464 g/mol. The second-order valence-corrected chi connectivity index (χ2v) is 10.5. The van der Waals surface area contributed by atoms with Gasteiger partial charge in [-0.05, 0) is 67.5 Å². The molecule has 1 fully saturated rings. The van der Waals surface area contributed by atoms with E-state index in [9.17, 15) is 13.2 Å². The van der Waals surface area contributed by atoms with Crippen molar-refractivity contribution in [1.82, 2.24) is 15.4 Å². The highest BCUT2D eigenvalue weighted by molar-refractivity contribution is 7.88. The van der Waals surface area contributed by atoms with Gasteiger partial charge in [-0.3, -0.25) is 4.79 Å². The van der Waals surface area contributed by atoms with Crippen LogP contribution >= 0.6 is 11.6 Å². The summed E-state index contributed by atoms with van der Waals surface area (Å²) in [6.45, 7) is 2.58. The zero-order chi connectivity index (χ0) is 22.4. The van der Waals surface area contributed by atoms with E-state index < -0.39 is 10.0 Å². The molecule has 3 atom stereocenters. The highest BCUT2D eigenvalue weighted by atomic mass is 35.5. The molecule has 8 heteroatoms. The number of carbonyl (C=O) groups is 1. The van der Waals surface area contributed by atoms with Crippen LogP contribution in [0.15, 0.2) is 48.5 Å². The van der Waals surface area contributed by atoms with Gasteiger partial charge in [0.15, 0.2) is 0 Å². The SMILES string of the molecule is C[C@@H](N[C@H]1CCC(c2ccc(C(=O)NCCNS(C)(=O)=O)cc2)C1)c1cccc(Cl)c1. The van der Waals surface area contributed by atoms with Crippen LogP contribution in [0.3, 0.4) is 0 Å². The second kappa shape index (κ2) is 10.6. The van der Waals surface area contributed by atoms with Gasteiger partial charge >= 0.3 is 0 Å². The highest BCUT2D eigenvalue weighted by Crippen LogP contribution is 2.35. The topological polar surface area (TPSA) is 87.3 Å². The molecular formula is C23H30ClN3O3S. The fourth-order valence-corrected chi connectivity index (χ4v) is 4.75. The number of sulfonamides is 1. The number of hydrogen-bond acceptors (Lipinski definition) is 4. The van der Waals surface area contributed by atoms with Crippen LogP contribution in [0.1, 0.15) is 59.6 Å². The van der Waals surface area contributed by atoms with Crippen LogP contribution < -0.4 is 15.4 Å². The van der Waals surface area contributed by atoms with Crippen molar-refractivity contribution in [1.29, 1.82) is 0 Å². The molecule has 2 aromatic rings. The normalized spacial score (nSPS) is 19.8. The molecule has 1 aliphatic rings. The summed E-state index contributed by atoms with van der Waals surface area (Å²) in [4.78, 5) is 12.2. The Morgan fingerprint density at radius 1 is 1.13 bits per heavy atom. The molecular weight excluding hydrogens is 434 g/mol. The van der Waals surface area contributed by atoms with Gasteiger partial charge < -0.3 is 10.6 Å². The summed E-state index contributed by atoms with van der Waals surface area (Å²) in [6, 6.07) is 16.4. The summed E-state index contributed by atoms with van der Waals surface area (Å²) >= 11 is 6.11. The van der Waals surface area contributed by atoms with Crippen LogP contribution in [0.2, 0.25) is 5.02 Å². The number of benzene rings is 2. The summed E-state index contributed by atoms with van der Waals surface area (Å²) in [5, 5.41) is 7.20. The van der Waals surface area contributed by atoms with E-state index in [4.69, 9.17) is 11.6 Å². The zero-order valence-electron chi connectivity index (χ0n) is 17.9. The second-order valence-electron chi connectivity index (χ2n) is 8.19. The molecule has 1 saturated carbocycles. The van der Waals surface area contributed by atoms with Gasteiger partial charge in [-0.25, -0.2) is 13.1 Å². The summed E-state index contributed by atoms with van der Waals surface area (Å²) < 4.78 is 24.4. The lowest BCUT2D eigenvalue weighted by molar-refractivity contribution is 0.0954. The first-order valence-electron chi connectivity index (χ1n) is 10.6. The molecule has 0 spiro atoms. The highest BCUT2D eigenvalue weighted by Gasteiger charge is 2.27. The molecule has 2 aromatic carbocycles. The Hall–Kier alpha value is -1.93. The van der Waals surface area contributed by atoms with Crippen molar-refractivity contribution in [2.75, 3.05) is 19.3 Å². The molecule has 1 amide bonds. The van der Waals surface area contributed by atoms with Crippen LogP contribution in [-0.2, 0) is 10.0 Å². The maximum absolute atomic E-state index is 12.2. The number of carbonyl (C=O) groups excluding carboxylic acids is 1. The molecule has 1 aliphatic carbocycles. The fraction of sp³-hybridized carbons (Fsp3) is 0.435. The Kier molecular flexibility index (Phi) is 8.11. The predicted octanol–water partition coefficient (Wildman–Crippen LogP) is 3.61. The van der Waals surface area contributed by atoms with Crippen LogP contribution in [0, 0.1) is 0 Å². The number of halogens is 1. The largest absolute Gasteiger partial charge is 0.351 e. The average Bonchev–Trinajstić information content (AvgIpc) is 3.19. The molecule has 6 nitrogen and oxygen atoms in total. The van der Waals surface area contributed by atoms with E-state index in [-0.39, 0.29) is 25.0 Å². The van der Waals surface area contributed by atoms with E-state index >= 15 is 0 Å². The molecule has 0 radical (unpaired) electrons. The number of rotatable bonds is 9. The monoisotopic (exact) mass is 463 g/mol. The molecule has 0 saturated heterocycles. The number of nitrogens with one attached hydrogen (secondary N) is 3.